The van der Waals surface area contributed by atoms with Crippen molar-refractivity contribution in [1.29, 1.82) is 0 Å². The second-order valence-corrected chi connectivity index (χ2v) is 22.0. The molecule has 0 radical (unpaired) electrons. The number of benzene rings is 9. The molecule has 0 bridgehead atoms. The van der Waals surface area contributed by atoms with Crippen LogP contribution in [0.2, 0.25) is 0 Å². The monoisotopic (exact) mass is 912 g/mol. The van der Waals surface area contributed by atoms with Gasteiger partial charge in [-0.2, -0.15) is 0 Å². The lowest BCUT2D eigenvalue weighted by atomic mass is 9.87. The number of hydrogen-bond acceptors (Lipinski definition) is 5. The maximum atomic E-state index is 6.43. The number of fused-ring (bicyclic) bond motifs is 14. The Balaban J connectivity index is 0.980. The first kappa shape index (κ1) is 41.6. The molecule has 0 saturated heterocycles. The van der Waals surface area contributed by atoms with E-state index in [0.717, 1.165) is 61.8 Å². The van der Waals surface area contributed by atoms with E-state index < -0.39 is 0 Å². The normalized spacial score (nSPS) is 15.7. The highest BCUT2D eigenvalue weighted by Crippen LogP contribution is 2.50. The third kappa shape index (κ3) is 6.85. The largest absolute Gasteiger partial charge is 0.485 e. The molecule has 0 saturated carbocycles. The molecule has 2 aromatic heterocycles. The molecule has 0 fully saturated rings. The van der Waals surface area contributed by atoms with Crippen LogP contribution in [0.3, 0.4) is 0 Å². The van der Waals surface area contributed by atoms with Crippen molar-refractivity contribution in [3.05, 3.63) is 211 Å². The molecule has 5 heteroatoms. The molecule has 13 rings (SSSR count). The SMILES string of the molecule is CC(C)(C)c1ccc(N(c2ccc3c(c2)sc2c4ccc(N(c5ccc(C(C)(C)C)cc5)c5ccc6c(c5)[C@@H]5C=CC=CC5O6)cc4c4ccccc4c32)c2ccc3oc4ccccc4c3c2)cc1. The van der Waals surface area contributed by atoms with Crippen molar-refractivity contribution in [1.82, 2.24) is 0 Å². The van der Waals surface area contributed by atoms with E-state index in [-0.39, 0.29) is 22.9 Å². The van der Waals surface area contributed by atoms with Gasteiger partial charge in [-0.3, -0.25) is 0 Å². The predicted molar refractivity (Wildman–Crippen MR) is 294 cm³/mol. The van der Waals surface area contributed by atoms with Gasteiger partial charge in [-0.25, -0.2) is 0 Å². The number of hydrogen-bond donors (Lipinski definition) is 0. The van der Waals surface area contributed by atoms with E-state index in [1.54, 1.807) is 0 Å². The van der Waals surface area contributed by atoms with E-state index in [1.165, 1.54) is 58.4 Å². The van der Waals surface area contributed by atoms with E-state index in [1.807, 2.05) is 23.5 Å². The molecule has 0 N–H and O–H groups in total. The Labute approximate surface area is 407 Å². The number of ether oxygens (including phenoxy) is 1. The zero-order valence-corrected chi connectivity index (χ0v) is 40.6. The first-order valence-electron chi connectivity index (χ1n) is 24.1. The molecular formula is C64H52N2O2S. The standard InChI is InChI=1S/C64H52N2O2S/c1-63(2,3)39-19-23-41(24-20-39)65(44-29-33-58-54(36-44)48-14-9-11-17-56(48)67-58)43-27-31-51-53(35-43)47-13-7-8-16-50(47)61-52-32-28-46(38-60(52)69-62(51)61)66(42-25-21-40(22-26-42)64(4,5)6)45-30-34-59-55(37-45)49-15-10-12-18-57(49)68-59/h7-38,48,56H,1-6H3/t48-,56?/m0/s1. The van der Waals surface area contributed by atoms with Crippen molar-refractivity contribution in [3.63, 3.8) is 0 Å². The lowest BCUT2D eigenvalue weighted by molar-refractivity contribution is 0.269. The zero-order chi connectivity index (χ0) is 46.8. The minimum absolute atomic E-state index is 0.0295. The molecular weight excluding hydrogens is 861 g/mol. The van der Waals surface area contributed by atoms with Crippen LogP contribution in [0.15, 0.2) is 199 Å². The summed E-state index contributed by atoms with van der Waals surface area (Å²) in [6.07, 6.45) is 8.70. The summed E-state index contributed by atoms with van der Waals surface area (Å²) in [4.78, 5) is 4.82. The van der Waals surface area contributed by atoms with Gasteiger partial charge in [0.1, 0.15) is 23.0 Å². The first-order chi connectivity index (χ1) is 33.4. The zero-order valence-electron chi connectivity index (χ0n) is 39.7. The average molecular weight is 913 g/mol. The van der Waals surface area contributed by atoms with Crippen LogP contribution in [0, 0.1) is 0 Å². The van der Waals surface area contributed by atoms with Crippen molar-refractivity contribution in [2.75, 3.05) is 9.80 Å². The Kier molecular flexibility index (Phi) is 9.32. The molecule has 1 aliphatic heterocycles. The van der Waals surface area contributed by atoms with Crippen LogP contribution in [-0.2, 0) is 10.8 Å². The number of rotatable bonds is 6. The summed E-state index contributed by atoms with van der Waals surface area (Å²) in [5.74, 6) is 1.15. The number of anilines is 6. The quantitative estimate of drug-likeness (QED) is 0.155. The summed E-state index contributed by atoms with van der Waals surface area (Å²) in [6.45, 7) is 13.6. The molecule has 2 aliphatic rings. The Morgan fingerprint density at radius 3 is 1.67 bits per heavy atom. The predicted octanol–water partition coefficient (Wildman–Crippen LogP) is 18.8. The molecule has 336 valence electrons. The van der Waals surface area contributed by atoms with E-state index >= 15 is 0 Å². The first-order valence-corrected chi connectivity index (χ1v) is 25.0. The number of nitrogens with zero attached hydrogens (tertiary/aromatic N) is 2. The van der Waals surface area contributed by atoms with Crippen molar-refractivity contribution in [3.8, 4) is 5.75 Å². The van der Waals surface area contributed by atoms with Gasteiger partial charge in [0.2, 0.25) is 0 Å². The van der Waals surface area contributed by atoms with Gasteiger partial charge in [-0.05, 0) is 135 Å². The molecule has 1 aliphatic carbocycles. The third-order valence-electron chi connectivity index (χ3n) is 14.5. The van der Waals surface area contributed by atoms with Crippen LogP contribution in [-0.4, -0.2) is 6.10 Å². The van der Waals surface area contributed by atoms with Gasteiger partial charge >= 0.3 is 0 Å². The van der Waals surface area contributed by atoms with Crippen LogP contribution in [0.5, 0.6) is 5.75 Å². The molecule has 9 aromatic carbocycles. The van der Waals surface area contributed by atoms with Gasteiger partial charge in [0, 0.05) is 81.9 Å². The van der Waals surface area contributed by atoms with Gasteiger partial charge in [0.05, 0.1) is 0 Å². The Hall–Kier alpha value is -7.60. The number of para-hydroxylation sites is 1. The van der Waals surface area contributed by atoms with Crippen molar-refractivity contribution < 1.29 is 9.15 Å². The van der Waals surface area contributed by atoms with Crippen molar-refractivity contribution in [2.45, 2.75) is 64.4 Å². The summed E-state index contributed by atoms with van der Waals surface area (Å²) in [7, 11) is 0. The number of furan rings is 1. The Morgan fingerprint density at radius 2 is 0.971 bits per heavy atom. The van der Waals surface area contributed by atoms with Crippen LogP contribution in [0.25, 0.3) is 63.7 Å². The Morgan fingerprint density at radius 1 is 0.435 bits per heavy atom. The van der Waals surface area contributed by atoms with Crippen molar-refractivity contribution in [2.24, 2.45) is 0 Å². The van der Waals surface area contributed by atoms with E-state index in [2.05, 4.69) is 233 Å². The Bertz CT molecular complexity index is 3910. The topological polar surface area (TPSA) is 28.9 Å². The minimum atomic E-state index is 0.0295. The fraction of sp³-hybridized carbons (Fsp3) is 0.156. The molecule has 0 amide bonds. The minimum Gasteiger partial charge on any atom is -0.485 e. The van der Waals surface area contributed by atoms with E-state index in [9.17, 15) is 0 Å². The van der Waals surface area contributed by atoms with Crippen LogP contribution in [0.4, 0.5) is 34.1 Å². The second-order valence-electron chi connectivity index (χ2n) is 20.9. The van der Waals surface area contributed by atoms with Gasteiger partial charge in [-0.15, -0.1) is 11.3 Å². The third-order valence-corrected chi connectivity index (χ3v) is 15.7. The van der Waals surface area contributed by atoms with Crippen LogP contribution in [0.1, 0.15) is 64.2 Å². The van der Waals surface area contributed by atoms with E-state index in [0.29, 0.717) is 0 Å². The number of thiophene rings is 1. The summed E-state index contributed by atoms with van der Waals surface area (Å²) in [5, 5.41) is 9.82. The molecule has 4 nitrogen and oxygen atoms in total. The summed E-state index contributed by atoms with van der Waals surface area (Å²) >= 11 is 1.89. The van der Waals surface area contributed by atoms with Crippen LogP contribution < -0.4 is 14.5 Å². The molecule has 11 aromatic rings. The summed E-state index contributed by atoms with van der Waals surface area (Å²) in [6, 6.07) is 63.0. The summed E-state index contributed by atoms with van der Waals surface area (Å²) < 4.78 is 15.3. The van der Waals surface area contributed by atoms with Gasteiger partial charge in [-0.1, -0.05) is 139 Å². The fourth-order valence-electron chi connectivity index (χ4n) is 10.8. The summed E-state index contributed by atoms with van der Waals surface area (Å²) in [5.41, 5.74) is 12.4. The number of allylic oxidation sites excluding steroid dienone is 2. The lowest BCUT2D eigenvalue weighted by Crippen LogP contribution is -2.15. The van der Waals surface area contributed by atoms with Gasteiger partial charge in [0.15, 0.2) is 0 Å². The molecule has 1 unspecified atom stereocenters. The molecule has 3 heterocycles. The van der Waals surface area contributed by atoms with E-state index in [4.69, 9.17) is 9.15 Å². The van der Waals surface area contributed by atoms with Gasteiger partial charge < -0.3 is 19.0 Å². The van der Waals surface area contributed by atoms with Crippen LogP contribution >= 0.6 is 11.3 Å². The second kappa shape index (κ2) is 15.5. The average Bonchev–Trinajstić information content (AvgIpc) is 4.05. The highest BCUT2D eigenvalue weighted by Gasteiger charge is 2.33. The lowest BCUT2D eigenvalue weighted by Gasteiger charge is -2.28. The molecule has 69 heavy (non-hydrogen) atoms. The maximum absolute atomic E-state index is 6.43. The molecule has 0 spiro atoms. The van der Waals surface area contributed by atoms with Crippen molar-refractivity contribution >= 4 is 109 Å². The highest BCUT2D eigenvalue weighted by molar-refractivity contribution is 7.27. The fourth-order valence-corrected chi connectivity index (χ4v) is 12.1. The smallest absolute Gasteiger partial charge is 0.135 e. The van der Waals surface area contributed by atoms with Gasteiger partial charge in [0.25, 0.3) is 0 Å². The highest BCUT2D eigenvalue weighted by atomic mass is 32.1. The molecule has 2 atom stereocenters. The maximum Gasteiger partial charge on any atom is 0.135 e.